The van der Waals surface area contributed by atoms with E-state index in [1.807, 2.05) is 0 Å². The number of carbonyl (C=O) groups is 1. The van der Waals surface area contributed by atoms with Crippen molar-refractivity contribution >= 4 is 17.5 Å². The van der Waals surface area contributed by atoms with Gasteiger partial charge in [-0.1, -0.05) is 32.4 Å². The summed E-state index contributed by atoms with van der Waals surface area (Å²) in [5, 5.41) is 3.21. The minimum Gasteiger partial charge on any atom is -0.496 e. The normalized spacial score (nSPS) is 17.8. The van der Waals surface area contributed by atoms with Crippen molar-refractivity contribution in [3.05, 3.63) is 28.8 Å². The second-order valence-corrected chi connectivity index (χ2v) is 8.77. The summed E-state index contributed by atoms with van der Waals surface area (Å²) in [6.45, 7) is 9.13. The lowest BCUT2D eigenvalue weighted by Gasteiger charge is -2.37. The molecule has 0 aliphatic carbocycles. The van der Waals surface area contributed by atoms with Crippen molar-refractivity contribution in [3.8, 4) is 5.75 Å². The molecule has 4 nitrogen and oxygen atoms in total. The van der Waals surface area contributed by atoms with Crippen molar-refractivity contribution in [2.45, 2.75) is 45.7 Å². The van der Waals surface area contributed by atoms with Crippen molar-refractivity contribution in [1.29, 1.82) is 0 Å². The molecule has 0 spiro atoms. The van der Waals surface area contributed by atoms with Gasteiger partial charge in [-0.3, -0.25) is 4.79 Å². The van der Waals surface area contributed by atoms with Crippen LogP contribution >= 0.6 is 11.6 Å². The SMILES string of the molecule is COc1cc(Cl)ccc1C(=O)NCC1(F)CCN(CCC(C)(C)C)CC1. The lowest BCUT2D eigenvalue weighted by molar-refractivity contribution is 0.0507. The van der Waals surface area contributed by atoms with Gasteiger partial charge in [0, 0.05) is 18.1 Å². The molecule has 146 valence electrons. The Hall–Kier alpha value is -1.33. The monoisotopic (exact) mass is 384 g/mol. The third-order valence-electron chi connectivity index (χ3n) is 4.90. The minimum atomic E-state index is -1.35. The van der Waals surface area contributed by atoms with Gasteiger partial charge in [0.1, 0.15) is 11.4 Å². The zero-order valence-corrected chi connectivity index (χ0v) is 17.0. The third kappa shape index (κ3) is 6.13. The molecule has 26 heavy (non-hydrogen) atoms. The van der Waals surface area contributed by atoms with E-state index in [9.17, 15) is 4.79 Å². The lowest BCUT2D eigenvalue weighted by atomic mass is 9.90. The Balaban J connectivity index is 1.85. The van der Waals surface area contributed by atoms with E-state index in [1.165, 1.54) is 7.11 Å². The molecular formula is C20H30ClFN2O2. The van der Waals surface area contributed by atoms with Gasteiger partial charge in [0.2, 0.25) is 0 Å². The molecule has 0 atom stereocenters. The zero-order chi connectivity index (χ0) is 19.4. The van der Waals surface area contributed by atoms with E-state index in [0.717, 1.165) is 26.1 Å². The van der Waals surface area contributed by atoms with E-state index in [2.05, 4.69) is 31.0 Å². The molecule has 1 aliphatic heterocycles. The van der Waals surface area contributed by atoms with Gasteiger partial charge in [-0.2, -0.15) is 0 Å². The van der Waals surface area contributed by atoms with E-state index in [0.29, 0.717) is 29.2 Å². The van der Waals surface area contributed by atoms with E-state index in [-0.39, 0.29) is 17.9 Å². The molecule has 1 aromatic carbocycles. The van der Waals surface area contributed by atoms with Crippen molar-refractivity contribution in [3.63, 3.8) is 0 Å². The van der Waals surface area contributed by atoms with Gasteiger partial charge in [0.25, 0.3) is 5.91 Å². The fraction of sp³-hybridized carbons (Fsp3) is 0.650. The number of methoxy groups -OCH3 is 1. The smallest absolute Gasteiger partial charge is 0.255 e. The molecule has 6 heteroatoms. The van der Waals surface area contributed by atoms with Gasteiger partial charge in [0.05, 0.1) is 19.2 Å². The Labute approximate surface area is 161 Å². The van der Waals surface area contributed by atoms with Crippen LogP contribution in [0.2, 0.25) is 5.02 Å². The van der Waals surface area contributed by atoms with Crippen LogP contribution in [0.5, 0.6) is 5.75 Å². The van der Waals surface area contributed by atoms with Crippen molar-refractivity contribution in [1.82, 2.24) is 10.2 Å². The van der Waals surface area contributed by atoms with Crippen molar-refractivity contribution in [2.24, 2.45) is 5.41 Å². The van der Waals surface area contributed by atoms with Crippen LogP contribution in [-0.2, 0) is 0 Å². The number of nitrogens with zero attached hydrogens (tertiary/aromatic N) is 1. The van der Waals surface area contributed by atoms with Crippen LogP contribution in [0.1, 0.15) is 50.4 Å². The Morgan fingerprint density at radius 2 is 2.00 bits per heavy atom. The molecule has 2 rings (SSSR count). The summed E-state index contributed by atoms with van der Waals surface area (Å²) >= 11 is 5.91. The summed E-state index contributed by atoms with van der Waals surface area (Å²) in [6, 6.07) is 4.80. The van der Waals surface area contributed by atoms with Crippen molar-refractivity contribution in [2.75, 3.05) is 33.3 Å². The van der Waals surface area contributed by atoms with Gasteiger partial charge >= 0.3 is 0 Å². The van der Waals surface area contributed by atoms with Crippen LogP contribution in [0.4, 0.5) is 4.39 Å². The molecule has 0 saturated carbocycles. The van der Waals surface area contributed by atoms with Crippen molar-refractivity contribution < 1.29 is 13.9 Å². The first-order valence-corrected chi connectivity index (χ1v) is 9.53. The first-order chi connectivity index (χ1) is 12.1. The van der Waals surface area contributed by atoms with Crippen LogP contribution in [0.25, 0.3) is 0 Å². The van der Waals surface area contributed by atoms with Gasteiger partial charge < -0.3 is 15.0 Å². The lowest BCUT2D eigenvalue weighted by Crippen LogP contribution is -2.48. The maximum absolute atomic E-state index is 15.0. The van der Waals surface area contributed by atoms with E-state index in [1.54, 1.807) is 18.2 Å². The molecule has 1 fully saturated rings. The molecule has 0 unspecified atom stereocenters. The summed E-state index contributed by atoms with van der Waals surface area (Å²) in [6.07, 6.45) is 1.98. The number of nitrogens with one attached hydrogen (secondary N) is 1. The van der Waals surface area contributed by atoms with E-state index >= 15 is 4.39 Å². The number of hydrogen-bond acceptors (Lipinski definition) is 3. The Kier molecular flexibility index (Phi) is 6.92. The molecule has 1 amide bonds. The standard InChI is InChI=1S/C20H30ClFN2O2/c1-19(2,3)7-10-24-11-8-20(22,9-12-24)14-23-18(25)16-6-5-15(21)13-17(16)26-4/h5-6,13H,7-12,14H2,1-4H3,(H,23,25). The number of likely N-dealkylation sites (tertiary alicyclic amines) is 1. The highest BCUT2D eigenvalue weighted by atomic mass is 35.5. The highest BCUT2D eigenvalue weighted by molar-refractivity contribution is 6.30. The first-order valence-electron chi connectivity index (χ1n) is 9.15. The fourth-order valence-corrected chi connectivity index (χ4v) is 3.20. The average Bonchev–Trinajstić information content (AvgIpc) is 2.58. The maximum Gasteiger partial charge on any atom is 0.255 e. The summed E-state index contributed by atoms with van der Waals surface area (Å²) in [4.78, 5) is 14.7. The number of benzene rings is 1. The number of piperidine rings is 1. The zero-order valence-electron chi connectivity index (χ0n) is 16.2. The van der Waals surface area contributed by atoms with Crippen LogP contribution in [0.15, 0.2) is 18.2 Å². The molecule has 0 radical (unpaired) electrons. The Bertz CT molecular complexity index is 623. The molecule has 1 N–H and O–H groups in total. The fourth-order valence-electron chi connectivity index (χ4n) is 3.03. The van der Waals surface area contributed by atoms with Crippen LogP contribution in [0.3, 0.4) is 0 Å². The molecule has 0 aromatic heterocycles. The number of carbonyl (C=O) groups excluding carboxylic acids is 1. The molecular weight excluding hydrogens is 355 g/mol. The summed E-state index contributed by atoms with van der Waals surface area (Å²) in [5.41, 5.74) is -0.702. The molecule has 1 heterocycles. The van der Waals surface area contributed by atoms with E-state index < -0.39 is 5.67 Å². The van der Waals surface area contributed by atoms with Crippen LogP contribution in [-0.4, -0.2) is 49.8 Å². The molecule has 1 saturated heterocycles. The number of rotatable bonds is 6. The topological polar surface area (TPSA) is 41.6 Å². The Morgan fingerprint density at radius 3 is 2.58 bits per heavy atom. The van der Waals surface area contributed by atoms with Gasteiger partial charge in [-0.15, -0.1) is 0 Å². The maximum atomic E-state index is 15.0. The number of halogens is 2. The van der Waals surface area contributed by atoms with Crippen LogP contribution < -0.4 is 10.1 Å². The largest absolute Gasteiger partial charge is 0.496 e. The quantitative estimate of drug-likeness (QED) is 0.794. The number of hydrogen-bond donors (Lipinski definition) is 1. The number of amides is 1. The second-order valence-electron chi connectivity index (χ2n) is 8.33. The third-order valence-corrected chi connectivity index (χ3v) is 5.14. The highest BCUT2D eigenvalue weighted by Gasteiger charge is 2.35. The first kappa shape index (κ1) is 21.0. The molecule has 0 bridgehead atoms. The predicted molar refractivity (Wildman–Crippen MR) is 104 cm³/mol. The summed E-state index contributed by atoms with van der Waals surface area (Å²) in [5.74, 6) is 0.0469. The average molecular weight is 385 g/mol. The van der Waals surface area contributed by atoms with Gasteiger partial charge in [0.15, 0.2) is 0 Å². The number of alkyl halides is 1. The van der Waals surface area contributed by atoms with Crippen LogP contribution in [0, 0.1) is 5.41 Å². The highest BCUT2D eigenvalue weighted by Crippen LogP contribution is 2.28. The van der Waals surface area contributed by atoms with E-state index in [4.69, 9.17) is 16.3 Å². The molecule has 1 aliphatic rings. The summed E-state index contributed by atoms with van der Waals surface area (Å²) < 4.78 is 20.2. The van der Waals surface area contributed by atoms with Gasteiger partial charge in [-0.25, -0.2) is 4.39 Å². The second kappa shape index (κ2) is 8.57. The summed E-state index contributed by atoms with van der Waals surface area (Å²) in [7, 11) is 1.48. The Morgan fingerprint density at radius 1 is 1.35 bits per heavy atom. The molecule has 1 aromatic rings. The van der Waals surface area contributed by atoms with Gasteiger partial charge in [-0.05, 0) is 49.4 Å². The minimum absolute atomic E-state index is 0.0186. The number of ether oxygens (including phenoxy) is 1. The predicted octanol–water partition coefficient (Wildman–Crippen LogP) is 4.32.